The van der Waals surface area contributed by atoms with E-state index < -0.39 is 17.8 Å². The monoisotopic (exact) mass is 1540 g/mol. The number of aromatic carboxylic acids is 1. The first-order valence-corrected chi connectivity index (χ1v) is 32.9. The minimum atomic E-state index is -1.13. The van der Waals surface area contributed by atoms with Crippen LogP contribution in [0.5, 0.6) is 34.5 Å². The van der Waals surface area contributed by atoms with Gasteiger partial charge < -0.3 is 39.1 Å². The van der Waals surface area contributed by atoms with E-state index in [-0.39, 0.29) is 40.7 Å². The van der Waals surface area contributed by atoms with Crippen LogP contribution in [0.3, 0.4) is 0 Å². The van der Waals surface area contributed by atoms with E-state index in [2.05, 4.69) is 69.7 Å². The first-order chi connectivity index (χ1) is 48.2. The third-order valence-corrected chi connectivity index (χ3v) is 16.5. The van der Waals surface area contributed by atoms with Gasteiger partial charge in [0.2, 0.25) is 5.28 Å². The molecule has 100 heavy (non-hydrogen) atoms. The molecule has 1 aliphatic rings. The molecule has 0 atom stereocenters. The number of alkyl halides is 1. The molecule has 6 aromatic heterocycles. The van der Waals surface area contributed by atoms with Crippen LogP contribution < -0.4 is 25.4 Å². The predicted molar refractivity (Wildman–Crippen MR) is 399 cm³/mol. The SMILES string of the molecule is C=Cc1cc(C(=O)O)nc(-c2ccc(Oc3ccc(Cl)c4c3cnn4C)cc2)n1.C=Cc1cc(C(=O)OC)nc(Cl)n1.C=Cc1cc(C(N)=O)nc(-c2ccc(Oc3ccc(Cl)c4c3cnn4C)cc2)n1.Cn1ncc2c(Oc3ccc(B4OC(C)(C)C(C)(C)O4)cc3)ccc(Cl)c21.[2H]CI. The van der Waals surface area contributed by atoms with Crippen molar-refractivity contribution in [1.82, 2.24) is 59.2 Å². The minimum Gasteiger partial charge on any atom is -0.477 e. The summed E-state index contributed by atoms with van der Waals surface area (Å²) in [5.74, 6) is 2.31. The quantitative estimate of drug-likeness (QED) is 0.0317. The number of carboxylic acid groups (broad SMARTS) is 1. The molecular weight excluding hydrogens is 1470 g/mol. The lowest BCUT2D eigenvalue weighted by molar-refractivity contribution is 0.00578. The number of primary amides is 1. The number of rotatable bonds is 15. The molecule has 510 valence electrons. The van der Waals surface area contributed by atoms with E-state index in [4.69, 9.17) is 77.0 Å². The zero-order chi connectivity index (χ0) is 73.0. The summed E-state index contributed by atoms with van der Waals surface area (Å²) in [5.41, 5.74) is 11.0. The third-order valence-electron chi connectivity index (χ3n) is 15.5. The fourth-order valence-electron chi connectivity index (χ4n) is 9.70. The smallest absolute Gasteiger partial charge is 0.477 e. The first-order valence-electron chi connectivity index (χ1n) is 30.6. The number of benzene rings is 6. The average molecular weight is 1540 g/mol. The Kier molecular flexibility index (Phi) is 23.4. The topological polar surface area (TPSA) is 284 Å². The van der Waals surface area contributed by atoms with Crippen molar-refractivity contribution >= 4 is 150 Å². The average Bonchev–Trinajstić information content (AvgIpc) is 1.65. The number of nitrogens with zero attached hydrogens (tertiary/aromatic N) is 12. The van der Waals surface area contributed by atoms with Crippen molar-refractivity contribution < 1.29 is 49.1 Å². The second-order valence-corrected chi connectivity index (χ2v) is 24.0. The molecule has 0 aliphatic carbocycles. The fraction of sp³-hybridized carbons (Fsp3) is 0.155. The highest BCUT2D eigenvalue weighted by Crippen LogP contribution is 2.39. The van der Waals surface area contributed by atoms with Gasteiger partial charge in [0, 0.05) is 33.6 Å². The van der Waals surface area contributed by atoms with Gasteiger partial charge in [0.1, 0.15) is 40.2 Å². The summed E-state index contributed by atoms with van der Waals surface area (Å²) < 4.78 is 46.1. The first kappa shape index (κ1) is 72.6. The van der Waals surface area contributed by atoms with Crippen LogP contribution >= 0.6 is 69.0 Å². The summed E-state index contributed by atoms with van der Waals surface area (Å²) >= 11 is 26.3. The molecule has 1 saturated heterocycles. The van der Waals surface area contributed by atoms with Crippen molar-refractivity contribution in [3.8, 4) is 57.3 Å². The maximum Gasteiger partial charge on any atom is 0.494 e. The highest BCUT2D eigenvalue weighted by atomic mass is 127. The number of hydrogen-bond acceptors (Lipinski definition) is 18. The fourth-order valence-corrected chi connectivity index (χ4v) is 10.8. The zero-order valence-corrected chi connectivity index (χ0v) is 60.1. The summed E-state index contributed by atoms with van der Waals surface area (Å²) in [7, 11) is 6.38. The molecule has 3 N–H and O–H groups in total. The number of ether oxygens (including phenoxy) is 4. The molecule has 7 heterocycles. The number of carbonyl (C=O) groups excluding carboxylic acids is 2. The lowest BCUT2D eigenvalue weighted by Crippen LogP contribution is -2.41. The molecule has 1 amide bonds. The maximum atomic E-state index is 11.5. The Labute approximate surface area is 609 Å². The minimum absolute atomic E-state index is 0.00204. The van der Waals surface area contributed by atoms with E-state index in [1.807, 2.05) is 108 Å². The highest BCUT2D eigenvalue weighted by Gasteiger charge is 2.51. The molecule has 0 bridgehead atoms. The third kappa shape index (κ3) is 17.1. The van der Waals surface area contributed by atoms with Crippen molar-refractivity contribution in [3.63, 3.8) is 0 Å². The van der Waals surface area contributed by atoms with Crippen LogP contribution in [0.25, 0.3) is 73.7 Å². The molecular formula is C71H63BCl4IN13O10. The standard InChI is InChI=1S/C21H16ClN5O2.C21H15ClN4O3.C20H22BClN2O3.C8H7ClN2O2.CH3I/c1-3-13-10-17(20(23)28)26-21(25-13)12-4-6-14(7-5-12)29-18-9-8-16(22)19-15(18)11-24-27(19)2;1-3-13-10-17(21(27)28)25-20(24-13)12-4-6-14(7-5-12)29-18-9-8-16(22)19-15(18)11-23-26(19)2;1-19(2)20(3,4)27-21(26-19)13-6-8-14(9-7-13)25-17-11-10-16(22)18-15(17)12-23-24(18)5;1-3-5-4-6(7(12)13-2)11-8(9)10-5;1-2/h3-11H,1H2,2H3,(H2,23,28);3-11H,1H2,2H3,(H,27,28);6-12H,1-5H3;3-4H,1H2,2H3;1H3/i;;;;1D. The Morgan fingerprint density at radius 3 is 1.26 bits per heavy atom. The molecule has 23 nitrogen and oxygen atoms in total. The van der Waals surface area contributed by atoms with Gasteiger partial charge in [0.05, 0.1) is 102 Å². The van der Waals surface area contributed by atoms with Crippen LogP contribution in [-0.2, 0) is 35.2 Å². The number of fused-ring (bicyclic) bond motifs is 3. The molecule has 0 saturated carbocycles. The number of carbonyl (C=O) groups is 3. The van der Waals surface area contributed by atoms with Crippen LogP contribution in [0.15, 0.2) is 166 Å². The van der Waals surface area contributed by atoms with Crippen molar-refractivity contribution in [2.75, 3.05) is 12.0 Å². The molecule has 0 unspecified atom stereocenters. The van der Waals surface area contributed by atoms with Gasteiger partial charge in [-0.2, -0.15) is 15.3 Å². The van der Waals surface area contributed by atoms with Crippen molar-refractivity contribution in [2.24, 2.45) is 26.9 Å². The molecule has 0 radical (unpaired) electrons. The number of amides is 1. The van der Waals surface area contributed by atoms with Crippen LogP contribution in [0, 0.1) is 0 Å². The van der Waals surface area contributed by atoms with Crippen molar-refractivity contribution in [3.05, 3.63) is 220 Å². The van der Waals surface area contributed by atoms with Gasteiger partial charge in [-0.3, -0.25) is 18.8 Å². The van der Waals surface area contributed by atoms with Gasteiger partial charge in [-0.25, -0.2) is 39.5 Å². The summed E-state index contributed by atoms with van der Waals surface area (Å²) in [5, 5.41) is 26.3. The summed E-state index contributed by atoms with van der Waals surface area (Å²) in [6, 6.07) is 37.1. The van der Waals surface area contributed by atoms with Gasteiger partial charge in [-0.05, 0) is 183 Å². The van der Waals surface area contributed by atoms with Crippen molar-refractivity contribution in [2.45, 2.75) is 38.9 Å². The van der Waals surface area contributed by atoms with Gasteiger partial charge in [-0.15, -0.1) is 0 Å². The van der Waals surface area contributed by atoms with Crippen LogP contribution in [0.2, 0.25) is 20.4 Å². The second-order valence-electron chi connectivity index (χ2n) is 22.5. The van der Waals surface area contributed by atoms with E-state index in [0.29, 0.717) is 88.6 Å². The molecule has 29 heteroatoms. The number of aryl methyl sites for hydroxylation is 3. The summed E-state index contributed by atoms with van der Waals surface area (Å²) in [6.45, 7) is 19.0. The van der Waals surface area contributed by atoms with E-state index in [1.54, 1.807) is 105 Å². The van der Waals surface area contributed by atoms with E-state index in [9.17, 15) is 19.5 Å². The van der Waals surface area contributed by atoms with Gasteiger partial charge in [-0.1, -0.05) is 89.3 Å². The van der Waals surface area contributed by atoms with E-state index in [1.165, 1.54) is 43.5 Å². The number of carboxylic acids is 1. The van der Waals surface area contributed by atoms with Crippen molar-refractivity contribution in [1.29, 1.82) is 0 Å². The number of nitrogens with two attached hydrogens (primary N) is 1. The lowest BCUT2D eigenvalue weighted by Gasteiger charge is -2.32. The van der Waals surface area contributed by atoms with E-state index >= 15 is 0 Å². The zero-order valence-electron chi connectivity index (χ0n) is 55.9. The number of hydrogen-bond donors (Lipinski definition) is 2. The molecule has 0 spiro atoms. The Bertz CT molecular complexity index is 4870. The van der Waals surface area contributed by atoms with Crippen LogP contribution in [0.1, 0.15) is 77.6 Å². The van der Waals surface area contributed by atoms with Crippen LogP contribution in [-0.4, -0.2) is 113 Å². The maximum absolute atomic E-state index is 11.5. The number of halogens is 5. The predicted octanol–water partition coefficient (Wildman–Crippen LogP) is 16.0. The van der Waals surface area contributed by atoms with Gasteiger partial charge >= 0.3 is 19.1 Å². The van der Waals surface area contributed by atoms with Gasteiger partial charge in [0.15, 0.2) is 23.0 Å². The Balaban J connectivity index is 0.000000159. The molecule has 1 fully saturated rings. The summed E-state index contributed by atoms with van der Waals surface area (Å²) in [4.78, 5) is 58.8. The van der Waals surface area contributed by atoms with Gasteiger partial charge in [0.25, 0.3) is 5.91 Å². The molecule has 13 rings (SSSR count). The number of methoxy groups -OCH3 is 1. The normalized spacial score (nSPS) is 12.6. The molecule has 1 aliphatic heterocycles. The lowest BCUT2D eigenvalue weighted by atomic mass is 9.79. The Morgan fingerprint density at radius 2 is 0.900 bits per heavy atom. The number of esters is 1. The Morgan fingerprint density at radius 1 is 0.550 bits per heavy atom. The second kappa shape index (κ2) is 32.3. The highest BCUT2D eigenvalue weighted by molar-refractivity contribution is 14.1. The van der Waals surface area contributed by atoms with Crippen LogP contribution in [0.4, 0.5) is 0 Å². The molecule has 12 aromatic rings. The molecule has 6 aromatic carbocycles. The largest absolute Gasteiger partial charge is 0.494 e. The Hall–Kier alpha value is -10.1. The summed E-state index contributed by atoms with van der Waals surface area (Å²) in [6.07, 6.45) is 9.66. The van der Waals surface area contributed by atoms with E-state index in [0.717, 1.165) is 43.9 Å². The number of aromatic nitrogens is 12.